The second-order valence-electron chi connectivity index (χ2n) is 7.60. The Bertz CT molecular complexity index is 1510. The van der Waals surface area contributed by atoms with Gasteiger partial charge in [0.1, 0.15) is 30.0 Å². The zero-order chi connectivity index (χ0) is 23.5. The predicted molar refractivity (Wildman–Crippen MR) is 135 cm³/mol. The van der Waals surface area contributed by atoms with Crippen LogP contribution >= 0.6 is 23.2 Å². The number of ether oxygens (including phenoxy) is 2. The molecule has 0 saturated heterocycles. The minimum absolute atomic E-state index is 0.113. The highest BCUT2D eigenvalue weighted by Crippen LogP contribution is 2.28. The van der Waals surface area contributed by atoms with Crippen molar-refractivity contribution in [2.75, 3.05) is 0 Å². The van der Waals surface area contributed by atoms with Gasteiger partial charge in [0.15, 0.2) is 0 Å². The maximum absolute atomic E-state index is 12.9. The van der Waals surface area contributed by atoms with Crippen molar-refractivity contribution >= 4 is 34.2 Å². The summed E-state index contributed by atoms with van der Waals surface area (Å²) in [7, 11) is 0. The Balaban J connectivity index is 1.33. The van der Waals surface area contributed by atoms with Crippen LogP contribution in [-0.4, -0.2) is 0 Å². The molecule has 6 heteroatoms. The molecular weight excluding hydrogens is 471 g/mol. The summed E-state index contributed by atoms with van der Waals surface area (Å²) in [6.07, 6.45) is 1.32. The SMILES string of the molecule is O=c1c(Oc2ccc(-c3ccccc3)cc2)coc2cc(OCc3ccc(Cl)cc3Cl)ccc12. The van der Waals surface area contributed by atoms with Gasteiger partial charge in [-0.3, -0.25) is 4.79 Å². The number of benzene rings is 4. The van der Waals surface area contributed by atoms with Crippen LogP contribution in [0.1, 0.15) is 5.56 Å². The van der Waals surface area contributed by atoms with Crippen LogP contribution in [0.3, 0.4) is 0 Å². The molecule has 0 bridgehead atoms. The molecule has 5 aromatic rings. The van der Waals surface area contributed by atoms with Crippen molar-refractivity contribution in [3.63, 3.8) is 0 Å². The largest absolute Gasteiger partial charge is 0.489 e. The lowest BCUT2D eigenvalue weighted by Gasteiger charge is -2.10. The number of fused-ring (bicyclic) bond motifs is 1. The average molecular weight is 489 g/mol. The molecule has 0 atom stereocenters. The van der Waals surface area contributed by atoms with E-state index in [1.807, 2.05) is 60.7 Å². The first-order valence-corrected chi connectivity index (χ1v) is 11.3. The third-order valence-corrected chi connectivity index (χ3v) is 5.90. The molecule has 168 valence electrons. The van der Waals surface area contributed by atoms with Crippen LogP contribution in [0.2, 0.25) is 10.0 Å². The second kappa shape index (κ2) is 9.64. The standard InChI is InChI=1S/C28H18Cl2O4/c29-21-9-6-20(25(30)14-21)16-32-23-12-13-24-26(15-23)33-17-27(28(24)31)34-22-10-7-19(8-11-22)18-4-2-1-3-5-18/h1-15,17H,16H2. The Morgan fingerprint density at radius 3 is 2.26 bits per heavy atom. The van der Waals surface area contributed by atoms with Gasteiger partial charge in [0, 0.05) is 21.7 Å². The lowest BCUT2D eigenvalue weighted by atomic mass is 10.1. The first-order valence-electron chi connectivity index (χ1n) is 10.5. The number of halogens is 2. The van der Waals surface area contributed by atoms with Crippen LogP contribution in [-0.2, 0) is 6.61 Å². The first-order chi connectivity index (χ1) is 16.6. The fraction of sp³-hybridized carbons (Fsp3) is 0.0357. The van der Waals surface area contributed by atoms with Crippen LogP contribution < -0.4 is 14.9 Å². The average Bonchev–Trinajstić information content (AvgIpc) is 2.86. The quantitative estimate of drug-likeness (QED) is 0.242. The van der Waals surface area contributed by atoms with E-state index in [-0.39, 0.29) is 17.8 Å². The van der Waals surface area contributed by atoms with Gasteiger partial charge in [-0.15, -0.1) is 0 Å². The zero-order valence-corrected chi connectivity index (χ0v) is 19.3. The monoisotopic (exact) mass is 488 g/mol. The van der Waals surface area contributed by atoms with Crippen LogP contribution in [0.15, 0.2) is 106 Å². The molecule has 0 aliphatic carbocycles. The van der Waals surface area contributed by atoms with Crippen LogP contribution in [0, 0.1) is 0 Å². The van der Waals surface area contributed by atoms with E-state index in [0.29, 0.717) is 32.5 Å². The Morgan fingerprint density at radius 1 is 0.765 bits per heavy atom. The molecule has 0 spiro atoms. The van der Waals surface area contributed by atoms with Gasteiger partial charge < -0.3 is 13.9 Å². The lowest BCUT2D eigenvalue weighted by Crippen LogP contribution is -2.05. The normalized spacial score (nSPS) is 10.9. The molecule has 4 nitrogen and oxygen atoms in total. The molecule has 0 N–H and O–H groups in total. The molecule has 0 aliphatic rings. The Morgan fingerprint density at radius 2 is 1.50 bits per heavy atom. The third kappa shape index (κ3) is 4.79. The minimum atomic E-state index is -0.263. The summed E-state index contributed by atoms with van der Waals surface area (Å²) in [5.74, 6) is 1.21. The van der Waals surface area contributed by atoms with Gasteiger partial charge in [-0.2, -0.15) is 0 Å². The van der Waals surface area contributed by atoms with Crippen LogP contribution in [0.25, 0.3) is 22.1 Å². The molecule has 34 heavy (non-hydrogen) atoms. The van der Waals surface area contributed by atoms with E-state index in [1.54, 1.807) is 30.3 Å². The Kier molecular flexibility index (Phi) is 6.26. The molecular formula is C28H18Cl2O4. The highest BCUT2D eigenvalue weighted by Gasteiger charge is 2.11. The van der Waals surface area contributed by atoms with E-state index >= 15 is 0 Å². The van der Waals surface area contributed by atoms with Gasteiger partial charge in [0.25, 0.3) is 0 Å². The molecule has 5 rings (SSSR count). The van der Waals surface area contributed by atoms with Crippen LogP contribution in [0.5, 0.6) is 17.2 Å². The number of rotatable bonds is 6. The topological polar surface area (TPSA) is 48.7 Å². The van der Waals surface area contributed by atoms with E-state index in [2.05, 4.69) is 0 Å². The second-order valence-corrected chi connectivity index (χ2v) is 8.45. The van der Waals surface area contributed by atoms with Crippen LogP contribution in [0.4, 0.5) is 0 Å². The molecule has 0 unspecified atom stereocenters. The molecule has 0 saturated carbocycles. The highest BCUT2D eigenvalue weighted by molar-refractivity contribution is 6.35. The van der Waals surface area contributed by atoms with Gasteiger partial charge in [-0.1, -0.05) is 71.7 Å². The van der Waals surface area contributed by atoms with E-state index in [0.717, 1.165) is 16.7 Å². The van der Waals surface area contributed by atoms with Crippen molar-refractivity contribution in [2.24, 2.45) is 0 Å². The molecule has 0 fully saturated rings. The van der Waals surface area contributed by atoms with Crippen molar-refractivity contribution in [1.29, 1.82) is 0 Å². The summed E-state index contributed by atoms with van der Waals surface area (Å²) in [5.41, 5.74) is 3.10. The van der Waals surface area contributed by atoms with Crippen molar-refractivity contribution in [2.45, 2.75) is 6.61 Å². The van der Waals surface area contributed by atoms with Crippen molar-refractivity contribution in [1.82, 2.24) is 0 Å². The Hall–Kier alpha value is -3.73. The van der Waals surface area contributed by atoms with Crippen molar-refractivity contribution < 1.29 is 13.9 Å². The summed E-state index contributed by atoms with van der Waals surface area (Å²) in [5, 5.41) is 1.49. The summed E-state index contributed by atoms with van der Waals surface area (Å²) in [6.45, 7) is 0.256. The van der Waals surface area contributed by atoms with Gasteiger partial charge >= 0.3 is 0 Å². The van der Waals surface area contributed by atoms with Gasteiger partial charge in [0.2, 0.25) is 11.2 Å². The smallest absolute Gasteiger partial charge is 0.235 e. The number of hydrogen-bond donors (Lipinski definition) is 0. The molecule has 1 heterocycles. The summed E-state index contributed by atoms with van der Waals surface area (Å²) in [4.78, 5) is 12.9. The van der Waals surface area contributed by atoms with E-state index in [4.69, 9.17) is 37.1 Å². The highest BCUT2D eigenvalue weighted by atomic mass is 35.5. The fourth-order valence-corrected chi connectivity index (χ4v) is 3.99. The fourth-order valence-electron chi connectivity index (χ4n) is 3.52. The maximum atomic E-state index is 12.9. The maximum Gasteiger partial charge on any atom is 0.235 e. The van der Waals surface area contributed by atoms with E-state index in [9.17, 15) is 4.79 Å². The molecule has 4 aromatic carbocycles. The molecule has 0 aliphatic heterocycles. The third-order valence-electron chi connectivity index (χ3n) is 5.31. The molecule has 0 radical (unpaired) electrons. The predicted octanol–water partition coefficient (Wildman–Crippen LogP) is 8.14. The van der Waals surface area contributed by atoms with Crippen molar-refractivity contribution in [3.8, 4) is 28.4 Å². The zero-order valence-electron chi connectivity index (χ0n) is 17.8. The van der Waals surface area contributed by atoms with E-state index in [1.165, 1.54) is 6.26 Å². The van der Waals surface area contributed by atoms with Gasteiger partial charge in [-0.05, 0) is 47.5 Å². The number of hydrogen-bond acceptors (Lipinski definition) is 4. The van der Waals surface area contributed by atoms with Crippen molar-refractivity contribution in [3.05, 3.63) is 123 Å². The molecule has 1 aromatic heterocycles. The first kappa shape index (κ1) is 22.1. The summed E-state index contributed by atoms with van der Waals surface area (Å²) in [6, 6.07) is 27.8. The van der Waals surface area contributed by atoms with Gasteiger partial charge in [-0.25, -0.2) is 0 Å². The summed E-state index contributed by atoms with van der Waals surface area (Å²) < 4.78 is 17.3. The van der Waals surface area contributed by atoms with Gasteiger partial charge in [0.05, 0.1) is 5.39 Å². The lowest BCUT2D eigenvalue weighted by molar-refractivity contribution is 0.306. The van der Waals surface area contributed by atoms with E-state index < -0.39 is 0 Å². The summed E-state index contributed by atoms with van der Waals surface area (Å²) >= 11 is 12.1. The molecule has 0 amide bonds. The minimum Gasteiger partial charge on any atom is -0.489 e. The Labute approximate surface area is 205 Å².